The number of carbonyl (C=O) groups is 1. The summed E-state index contributed by atoms with van der Waals surface area (Å²) in [7, 11) is 0. The van der Waals surface area contributed by atoms with Crippen LogP contribution in [0, 0.1) is 5.82 Å². The van der Waals surface area contributed by atoms with Gasteiger partial charge in [0, 0.05) is 18.5 Å². The van der Waals surface area contributed by atoms with Crippen LogP contribution in [0.3, 0.4) is 0 Å². The molecule has 0 fully saturated rings. The van der Waals surface area contributed by atoms with Crippen LogP contribution in [0.15, 0.2) is 18.2 Å². The second-order valence-corrected chi connectivity index (χ2v) is 5.15. The molecular formula is C16H17FN2O4. The molecule has 1 aromatic heterocycles. The van der Waals surface area contributed by atoms with Gasteiger partial charge in [-0.1, -0.05) is 6.07 Å². The molecule has 6 nitrogen and oxygen atoms in total. The van der Waals surface area contributed by atoms with Gasteiger partial charge in [-0.2, -0.15) is 5.10 Å². The summed E-state index contributed by atoms with van der Waals surface area (Å²) < 4.78 is 26.5. The number of ether oxygens (including phenoxy) is 2. The second kappa shape index (κ2) is 6.37. The summed E-state index contributed by atoms with van der Waals surface area (Å²) >= 11 is 0. The molecule has 7 heteroatoms. The fourth-order valence-electron chi connectivity index (χ4n) is 2.55. The smallest absolute Gasteiger partial charge is 0.345 e. The van der Waals surface area contributed by atoms with E-state index in [9.17, 15) is 9.18 Å². The third-order valence-corrected chi connectivity index (χ3v) is 3.61. The van der Waals surface area contributed by atoms with Crippen LogP contribution < -0.4 is 4.74 Å². The molecule has 23 heavy (non-hydrogen) atoms. The zero-order valence-corrected chi connectivity index (χ0v) is 12.7. The van der Waals surface area contributed by atoms with E-state index in [2.05, 4.69) is 5.10 Å². The number of aryl methyl sites for hydroxylation is 1. The highest BCUT2D eigenvalue weighted by atomic mass is 19.1. The Kier molecular flexibility index (Phi) is 4.29. The number of aromatic nitrogens is 2. The van der Waals surface area contributed by atoms with Gasteiger partial charge in [-0.05, 0) is 24.6 Å². The molecule has 1 aromatic carbocycles. The number of hydrogen-bond acceptors (Lipinski definition) is 5. The zero-order valence-electron chi connectivity index (χ0n) is 12.7. The normalized spacial score (nSPS) is 13.3. The molecule has 0 amide bonds. The predicted octanol–water partition coefficient (Wildman–Crippen LogP) is 2.14. The van der Waals surface area contributed by atoms with Crippen molar-refractivity contribution < 1.29 is 23.8 Å². The van der Waals surface area contributed by atoms with Crippen LogP contribution in [0.5, 0.6) is 5.88 Å². The Morgan fingerprint density at radius 2 is 2.35 bits per heavy atom. The minimum atomic E-state index is -0.587. The van der Waals surface area contributed by atoms with E-state index < -0.39 is 11.8 Å². The third-order valence-electron chi connectivity index (χ3n) is 3.61. The fourth-order valence-corrected chi connectivity index (χ4v) is 2.55. The molecule has 1 aliphatic rings. The topological polar surface area (TPSA) is 73.6 Å². The molecule has 1 N–H and O–H groups in total. The Morgan fingerprint density at radius 3 is 3.04 bits per heavy atom. The lowest BCUT2D eigenvalue weighted by Gasteiger charge is -2.15. The molecular weight excluding hydrogens is 303 g/mol. The number of rotatable bonds is 4. The van der Waals surface area contributed by atoms with Crippen LogP contribution in [0.4, 0.5) is 4.39 Å². The maximum Gasteiger partial charge on any atom is 0.345 e. The van der Waals surface area contributed by atoms with Crippen LogP contribution in [-0.4, -0.2) is 34.1 Å². The highest BCUT2D eigenvalue weighted by Gasteiger charge is 2.30. The minimum absolute atomic E-state index is 0.141. The highest BCUT2D eigenvalue weighted by Crippen LogP contribution is 2.34. The number of halogens is 1. The average Bonchev–Trinajstić information content (AvgIpc) is 2.94. The second-order valence-electron chi connectivity index (χ2n) is 5.15. The van der Waals surface area contributed by atoms with Crippen LogP contribution in [0.2, 0.25) is 0 Å². The highest BCUT2D eigenvalue weighted by molar-refractivity contribution is 5.99. The van der Waals surface area contributed by atoms with Gasteiger partial charge < -0.3 is 14.6 Å². The molecule has 1 aliphatic heterocycles. The standard InChI is InChI=1S/C16H17FN2O4/c1-2-22-16(21)13-14(18-19-6-3-7-23-15(13)19)11-5-4-10(9-20)8-12(11)17/h4-5,8,20H,2-3,6-7,9H2,1H3. The summed E-state index contributed by atoms with van der Waals surface area (Å²) in [5.41, 5.74) is 0.962. The number of fused-ring (bicyclic) bond motifs is 1. The number of hydrogen-bond donors (Lipinski definition) is 1. The van der Waals surface area contributed by atoms with Crippen LogP contribution in [0.1, 0.15) is 29.3 Å². The first-order chi connectivity index (χ1) is 11.2. The van der Waals surface area contributed by atoms with E-state index >= 15 is 0 Å². The predicted molar refractivity (Wildman–Crippen MR) is 79.6 cm³/mol. The molecule has 0 bridgehead atoms. The number of esters is 1. The lowest BCUT2D eigenvalue weighted by molar-refractivity contribution is 0.0520. The zero-order chi connectivity index (χ0) is 16.4. The lowest BCUT2D eigenvalue weighted by Crippen LogP contribution is -2.16. The molecule has 0 radical (unpaired) electrons. The summed E-state index contributed by atoms with van der Waals surface area (Å²) in [6.45, 7) is 2.71. The molecule has 2 aromatic rings. The molecule has 0 aliphatic carbocycles. The minimum Gasteiger partial charge on any atom is -0.477 e. The van der Waals surface area contributed by atoms with Gasteiger partial charge in [-0.3, -0.25) is 0 Å². The van der Waals surface area contributed by atoms with Crippen LogP contribution in [-0.2, 0) is 17.9 Å². The molecule has 0 spiro atoms. The summed E-state index contributed by atoms with van der Waals surface area (Å²) in [5, 5.41) is 13.4. The summed E-state index contributed by atoms with van der Waals surface area (Å²) in [6, 6.07) is 4.31. The molecule has 122 valence electrons. The Hall–Kier alpha value is -2.41. The number of aliphatic hydroxyl groups is 1. The molecule has 0 saturated heterocycles. The van der Waals surface area contributed by atoms with E-state index in [1.54, 1.807) is 17.7 Å². The van der Waals surface area contributed by atoms with E-state index in [0.717, 1.165) is 6.42 Å². The van der Waals surface area contributed by atoms with Crippen molar-refractivity contribution in [2.75, 3.05) is 13.2 Å². The average molecular weight is 320 g/mol. The van der Waals surface area contributed by atoms with E-state index in [1.807, 2.05) is 0 Å². The summed E-state index contributed by atoms with van der Waals surface area (Å²) in [6.07, 6.45) is 0.766. The van der Waals surface area contributed by atoms with E-state index in [-0.39, 0.29) is 30.0 Å². The van der Waals surface area contributed by atoms with Crippen molar-refractivity contribution in [2.24, 2.45) is 0 Å². The van der Waals surface area contributed by atoms with Gasteiger partial charge in [0.15, 0.2) is 0 Å². The van der Waals surface area contributed by atoms with Gasteiger partial charge >= 0.3 is 5.97 Å². The number of aliphatic hydroxyl groups excluding tert-OH is 1. The number of benzene rings is 1. The Labute approximate surface area is 132 Å². The number of carbonyl (C=O) groups excluding carboxylic acids is 1. The van der Waals surface area contributed by atoms with Gasteiger partial charge in [-0.15, -0.1) is 0 Å². The Bertz CT molecular complexity index is 742. The summed E-state index contributed by atoms with van der Waals surface area (Å²) in [5.74, 6) is -0.829. The first-order valence-electron chi connectivity index (χ1n) is 7.46. The van der Waals surface area contributed by atoms with Gasteiger partial charge in [0.05, 0.1) is 19.8 Å². The Morgan fingerprint density at radius 1 is 1.52 bits per heavy atom. The molecule has 0 atom stereocenters. The van der Waals surface area contributed by atoms with Crippen LogP contribution in [0.25, 0.3) is 11.3 Å². The largest absolute Gasteiger partial charge is 0.477 e. The maximum atomic E-state index is 14.4. The van der Waals surface area contributed by atoms with Gasteiger partial charge in [0.2, 0.25) is 5.88 Å². The maximum absolute atomic E-state index is 14.4. The van der Waals surface area contributed by atoms with Crippen molar-refractivity contribution >= 4 is 5.97 Å². The van der Waals surface area contributed by atoms with Crippen molar-refractivity contribution in [3.8, 4) is 17.1 Å². The quantitative estimate of drug-likeness (QED) is 0.874. The molecule has 3 rings (SSSR count). The van der Waals surface area contributed by atoms with E-state index in [4.69, 9.17) is 14.6 Å². The van der Waals surface area contributed by atoms with E-state index in [0.29, 0.717) is 24.6 Å². The first kappa shape index (κ1) is 15.5. The van der Waals surface area contributed by atoms with Crippen molar-refractivity contribution in [3.05, 3.63) is 35.1 Å². The molecule has 0 saturated carbocycles. The van der Waals surface area contributed by atoms with Crippen molar-refractivity contribution in [3.63, 3.8) is 0 Å². The van der Waals surface area contributed by atoms with Crippen molar-refractivity contribution in [1.82, 2.24) is 9.78 Å². The lowest BCUT2D eigenvalue weighted by atomic mass is 10.0. The SMILES string of the molecule is CCOC(=O)c1c(-c2ccc(CO)cc2F)nn2c1OCCC2. The molecule has 0 unspecified atom stereocenters. The molecule has 2 heterocycles. The van der Waals surface area contributed by atoms with Crippen molar-refractivity contribution in [2.45, 2.75) is 26.5 Å². The van der Waals surface area contributed by atoms with E-state index in [1.165, 1.54) is 12.1 Å². The van der Waals surface area contributed by atoms with Gasteiger partial charge in [0.1, 0.15) is 17.1 Å². The van der Waals surface area contributed by atoms with Gasteiger partial charge in [0.25, 0.3) is 0 Å². The van der Waals surface area contributed by atoms with Crippen LogP contribution >= 0.6 is 0 Å². The van der Waals surface area contributed by atoms with Crippen molar-refractivity contribution in [1.29, 1.82) is 0 Å². The van der Waals surface area contributed by atoms with Gasteiger partial charge in [-0.25, -0.2) is 13.9 Å². The third kappa shape index (κ3) is 2.79. The number of nitrogens with zero attached hydrogens (tertiary/aromatic N) is 2. The Balaban J connectivity index is 2.15. The first-order valence-corrected chi connectivity index (χ1v) is 7.46. The monoisotopic (exact) mass is 320 g/mol. The fraction of sp³-hybridized carbons (Fsp3) is 0.375. The summed E-state index contributed by atoms with van der Waals surface area (Å²) in [4.78, 5) is 12.3.